The Labute approximate surface area is 104 Å². The normalized spacial score (nSPS) is 20.2. The first kappa shape index (κ1) is 12.3. The Morgan fingerprint density at radius 3 is 2.53 bits per heavy atom. The predicted molar refractivity (Wildman–Crippen MR) is 64.5 cm³/mol. The Kier molecular flexibility index (Phi) is 3.63. The Morgan fingerprint density at radius 2 is 2.06 bits per heavy atom. The van der Waals surface area contributed by atoms with Crippen LogP contribution in [0.1, 0.15) is 33.7 Å². The van der Waals surface area contributed by atoms with Gasteiger partial charge in [0.05, 0.1) is 18.0 Å². The van der Waals surface area contributed by atoms with Crippen LogP contribution in [0.2, 0.25) is 0 Å². The number of carbonyl (C=O) groups is 1. The lowest BCUT2D eigenvalue weighted by Gasteiger charge is -2.21. The number of aryl methyl sites for hydroxylation is 2. The number of carboxylic acids is 1. The molecule has 92 valence electrons. The van der Waals surface area contributed by atoms with Gasteiger partial charge in [0.2, 0.25) is 0 Å². The van der Waals surface area contributed by atoms with Crippen molar-refractivity contribution in [2.75, 3.05) is 18.1 Å². The minimum atomic E-state index is -0.981. The highest BCUT2D eigenvalue weighted by Gasteiger charge is 2.22. The topological polar surface area (TPSA) is 72.3 Å². The van der Waals surface area contributed by atoms with Crippen LogP contribution in [-0.4, -0.2) is 39.2 Å². The number of nitrogens with zero attached hydrogens (tertiary/aromatic N) is 2. The summed E-state index contributed by atoms with van der Waals surface area (Å²) in [6.07, 6.45) is -0.117. The zero-order valence-electron chi connectivity index (χ0n) is 9.77. The highest BCUT2D eigenvalue weighted by Crippen LogP contribution is 2.25. The second-order valence-corrected chi connectivity index (χ2v) is 5.02. The molecule has 1 aromatic rings. The fourth-order valence-corrected chi connectivity index (χ4v) is 2.67. The Hall–Kier alpha value is -1.14. The van der Waals surface area contributed by atoms with Crippen LogP contribution < -0.4 is 0 Å². The van der Waals surface area contributed by atoms with Crippen LogP contribution in [0.25, 0.3) is 0 Å². The van der Waals surface area contributed by atoms with Gasteiger partial charge in [0.1, 0.15) is 11.7 Å². The van der Waals surface area contributed by atoms with E-state index in [1.165, 1.54) is 0 Å². The van der Waals surface area contributed by atoms with Gasteiger partial charge in [-0.25, -0.2) is 14.8 Å². The fourth-order valence-electron chi connectivity index (χ4n) is 1.83. The van der Waals surface area contributed by atoms with Gasteiger partial charge in [-0.2, -0.15) is 11.8 Å². The molecule has 1 aliphatic rings. The Bertz CT molecular complexity index is 421. The van der Waals surface area contributed by atoms with E-state index in [0.29, 0.717) is 23.8 Å². The summed E-state index contributed by atoms with van der Waals surface area (Å²) in [4.78, 5) is 19.5. The van der Waals surface area contributed by atoms with E-state index in [-0.39, 0.29) is 11.7 Å². The van der Waals surface area contributed by atoms with Gasteiger partial charge < -0.3 is 9.84 Å². The molecule has 0 spiro atoms. The van der Waals surface area contributed by atoms with Crippen molar-refractivity contribution in [1.29, 1.82) is 0 Å². The van der Waals surface area contributed by atoms with Crippen molar-refractivity contribution in [3.63, 3.8) is 0 Å². The maximum absolute atomic E-state index is 11.0. The quantitative estimate of drug-likeness (QED) is 0.864. The molecule has 1 saturated heterocycles. The van der Waals surface area contributed by atoms with E-state index < -0.39 is 5.97 Å². The minimum absolute atomic E-state index is 0.117. The summed E-state index contributed by atoms with van der Waals surface area (Å²) in [7, 11) is 0. The van der Waals surface area contributed by atoms with E-state index >= 15 is 0 Å². The van der Waals surface area contributed by atoms with E-state index in [2.05, 4.69) is 9.97 Å². The lowest BCUT2D eigenvalue weighted by Crippen LogP contribution is -2.20. The third-order valence-electron chi connectivity index (χ3n) is 2.61. The van der Waals surface area contributed by atoms with Gasteiger partial charge in [-0.3, -0.25) is 0 Å². The summed E-state index contributed by atoms with van der Waals surface area (Å²) < 4.78 is 5.58. The van der Waals surface area contributed by atoms with Gasteiger partial charge >= 0.3 is 5.97 Å². The van der Waals surface area contributed by atoms with Crippen molar-refractivity contribution in [3.05, 3.63) is 22.8 Å². The minimum Gasteiger partial charge on any atom is -0.478 e. The first-order chi connectivity index (χ1) is 8.09. The van der Waals surface area contributed by atoms with Crippen molar-refractivity contribution < 1.29 is 14.6 Å². The highest BCUT2D eigenvalue weighted by atomic mass is 32.2. The molecule has 0 bridgehead atoms. The molecule has 1 fully saturated rings. The summed E-state index contributed by atoms with van der Waals surface area (Å²) >= 11 is 1.80. The van der Waals surface area contributed by atoms with Crippen molar-refractivity contribution in [3.8, 4) is 0 Å². The molecule has 5 nitrogen and oxygen atoms in total. The molecule has 0 aliphatic carbocycles. The smallest absolute Gasteiger partial charge is 0.339 e. The van der Waals surface area contributed by atoms with E-state index in [0.717, 1.165) is 11.5 Å². The lowest BCUT2D eigenvalue weighted by atomic mass is 10.1. The number of aromatic nitrogens is 2. The van der Waals surface area contributed by atoms with Crippen LogP contribution >= 0.6 is 11.8 Å². The highest BCUT2D eigenvalue weighted by molar-refractivity contribution is 7.99. The number of hydrogen-bond acceptors (Lipinski definition) is 5. The largest absolute Gasteiger partial charge is 0.478 e. The molecule has 0 saturated carbocycles. The van der Waals surface area contributed by atoms with E-state index in [1.54, 1.807) is 25.6 Å². The molecule has 1 atom stereocenters. The van der Waals surface area contributed by atoms with E-state index in [9.17, 15) is 4.79 Å². The first-order valence-corrected chi connectivity index (χ1v) is 6.53. The monoisotopic (exact) mass is 254 g/mol. The third-order valence-corrected chi connectivity index (χ3v) is 3.60. The number of ether oxygens (including phenoxy) is 1. The molecule has 0 radical (unpaired) electrons. The summed E-state index contributed by atoms with van der Waals surface area (Å²) in [5, 5.41) is 9.03. The lowest BCUT2D eigenvalue weighted by molar-refractivity contribution is 0.0669. The number of carboxylic acid groups (broad SMARTS) is 1. The zero-order chi connectivity index (χ0) is 12.4. The molecule has 1 N–H and O–H groups in total. The van der Waals surface area contributed by atoms with Crippen LogP contribution in [0.15, 0.2) is 0 Å². The average Bonchev–Trinajstić information content (AvgIpc) is 2.28. The maximum Gasteiger partial charge on any atom is 0.339 e. The Balaban J connectivity index is 2.34. The second-order valence-electron chi connectivity index (χ2n) is 3.87. The molecule has 2 rings (SSSR count). The molecule has 0 amide bonds. The molecule has 0 aromatic carbocycles. The standard InChI is InChI=1S/C11H14N2O3S/c1-6-9(11(14)15)7(2)13-10(12-6)8-5-17-4-3-16-8/h8H,3-5H2,1-2H3,(H,14,15). The molecular formula is C11H14N2O3S. The molecule has 6 heteroatoms. The number of rotatable bonds is 2. The van der Waals surface area contributed by atoms with Crippen molar-refractivity contribution in [1.82, 2.24) is 9.97 Å². The van der Waals surface area contributed by atoms with Gasteiger partial charge in [-0.15, -0.1) is 0 Å². The van der Waals surface area contributed by atoms with Gasteiger partial charge in [-0.1, -0.05) is 0 Å². The van der Waals surface area contributed by atoms with Gasteiger partial charge in [0.25, 0.3) is 0 Å². The molecule has 17 heavy (non-hydrogen) atoms. The first-order valence-electron chi connectivity index (χ1n) is 5.37. The van der Waals surface area contributed by atoms with E-state index in [4.69, 9.17) is 9.84 Å². The molecule has 1 unspecified atom stereocenters. The summed E-state index contributed by atoms with van der Waals surface area (Å²) in [6.45, 7) is 4.08. The number of aromatic carboxylic acids is 1. The van der Waals surface area contributed by atoms with Crippen molar-refractivity contribution >= 4 is 17.7 Å². The van der Waals surface area contributed by atoms with Crippen molar-refractivity contribution in [2.45, 2.75) is 20.0 Å². The fraction of sp³-hybridized carbons (Fsp3) is 0.545. The summed E-state index contributed by atoms with van der Waals surface area (Å²) in [5.41, 5.74) is 1.19. The van der Waals surface area contributed by atoms with E-state index in [1.807, 2.05) is 0 Å². The molecule has 1 aliphatic heterocycles. The average molecular weight is 254 g/mol. The van der Waals surface area contributed by atoms with Gasteiger partial charge in [0, 0.05) is 11.5 Å². The second kappa shape index (κ2) is 5.01. The summed E-state index contributed by atoms with van der Waals surface area (Å²) in [6, 6.07) is 0. The van der Waals surface area contributed by atoms with Crippen LogP contribution in [0.4, 0.5) is 0 Å². The number of hydrogen-bond donors (Lipinski definition) is 1. The van der Waals surface area contributed by atoms with Crippen molar-refractivity contribution in [2.24, 2.45) is 0 Å². The SMILES string of the molecule is Cc1nc(C2CSCCO2)nc(C)c1C(=O)O. The van der Waals surface area contributed by atoms with Gasteiger partial charge in [-0.05, 0) is 13.8 Å². The predicted octanol–water partition coefficient (Wildman–Crippen LogP) is 1.60. The molecule has 1 aromatic heterocycles. The van der Waals surface area contributed by atoms with Crippen LogP contribution in [0, 0.1) is 13.8 Å². The third kappa shape index (κ3) is 2.58. The molecular weight excluding hydrogens is 240 g/mol. The van der Waals surface area contributed by atoms with Crippen LogP contribution in [0.5, 0.6) is 0 Å². The van der Waals surface area contributed by atoms with Gasteiger partial charge in [0.15, 0.2) is 5.82 Å². The van der Waals surface area contributed by atoms with Crippen LogP contribution in [0.3, 0.4) is 0 Å². The van der Waals surface area contributed by atoms with Crippen LogP contribution in [-0.2, 0) is 4.74 Å². The maximum atomic E-state index is 11.0. The number of thioether (sulfide) groups is 1. The zero-order valence-corrected chi connectivity index (χ0v) is 10.6. The summed E-state index contributed by atoms with van der Waals surface area (Å²) in [5.74, 6) is 1.43. The molecule has 2 heterocycles. The Morgan fingerprint density at radius 1 is 1.41 bits per heavy atom.